The highest BCUT2D eigenvalue weighted by molar-refractivity contribution is 5.97. The third-order valence-corrected chi connectivity index (χ3v) is 3.65. The molecule has 0 unspecified atom stereocenters. The summed E-state index contributed by atoms with van der Waals surface area (Å²) in [5, 5.41) is 5.92. The molecule has 1 heterocycles. The molecule has 0 radical (unpaired) electrons. The molecule has 0 fully saturated rings. The second-order valence-corrected chi connectivity index (χ2v) is 5.58. The molecule has 1 amide bonds. The maximum Gasteiger partial charge on any atom is 0.233 e. The molecule has 0 bridgehead atoms. The van der Waals surface area contributed by atoms with Crippen molar-refractivity contribution >= 4 is 17.8 Å². The normalized spacial score (nSPS) is 12.9. The summed E-state index contributed by atoms with van der Waals surface area (Å²) in [6, 6.07) is 9.91. The first kappa shape index (κ1) is 16.1. The highest BCUT2D eigenvalue weighted by Gasteiger charge is 2.17. The molecule has 3 rings (SSSR count). The molecule has 1 aliphatic carbocycles. The lowest BCUT2D eigenvalue weighted by molar-refractivity contribution is -0.120. The van der Waals surface area contributed by atoms with E-state index in [9.17, 15) is 9.59 Å². The number of hydrogen-bond acceptors (Lipinski definition) is 5. The van der Waals surface area contributed by atoms with E-state index in [0.717, 1.165) is 5.56 Å². The van der Waals surface area contributed by atoms with Crippen LogP contribution in [0.3, 0.4) is 0 Å². The molecule has 6 heteroatoms. The van der Waals surface area contributed by atoms with E-state index in [4.69, 9.17) is 4.42 Å². The molecule has 6 nitrogen and oxygen atoms in total. The maximum absolute atomic E-state index is 11.8. The van der Waals surface area contributed by atoms with Crippen LogP contribution >= 0.6 is 0 Å². The molecule has 0 spiro atoms. The Balaban J connectivity index is 1.36. The zero-order valence-electron chi connectivity index (χ0n) is 13.2. The Morgan fingerprint density at radius 3 is 2.88 bits per heavy atom. The lowest BCUT2D eigenvalue weighted by Gasteiger charge is -2.06. The van der Waals surface area contributed by atoms with Gasteiger partial charge in [0.25, 0.3) is 0 Å². The summed E-state index contributed by atoms with van der Waals surface area (Å²) in [5.41, 5.74) is 1.85. The van der Waals surface area contributed by atoms with Gasteiger partial charge in [-0.25, -0.2) is 4.98 Å². The number of ketones is 1. The van der Waals surface area contributed by atoms with E-state index in [2.05, 4.69) is 15.6 Å². The zero-order valence-corrected chi connectivity index (χ0v) is 13.2. The number of amides is 1. The molecule has 1 aromatic carbocycles. The SMILES string of the molecule is O=C1C=Cc2nc(CCNC(=O)CNCc3ccccc3)oc2C1. The van der Waals surface area contributed by atoms with E-state index < -0.39 is 0 Å². The Kier molecular flexibility index (Phi) is 5.18. The number of hydrogen-bond donors (Lipinski definition) is 2. The first-order valence-electron chi connectivity index (χ1n) is 7.91. The second kappa shape index (κ2) is 7.70. The Morgan fingerprint density at radius 2 is 2.04 bits per heavy atom. The monoisotopic (exact) mass is 325 g/mol. The summed E-state index contributed by atoms with van der Waals surface area (Å²) in [5.74, 6) is 1.09. The van der Waals surface area contributed by atoms with Gasteiger partial charge in [-0.1, -0.05) is 30.3 Å². The van der Waals surface area contributed by atoms with Crippen molar-refractivity contribution < 1.29 is 14.0 Å². The van der Waals surface area contributed by atoms with Crippen LogP contribution in [0.5, 0.6) is 0 Å². The number of carbonyl (C=O) groups excluding carboxylic acids is 2. The van der Waals surface area contributed by atoms with Crippen LogP contribution in [0.1, 0.15) is 22.9 Å². The average molecular weight is 325 g/mol. The molecule has 24 heavy (non-hydrogen) atoms. The summed E-state index contributed by atoms with van der Waals surface area (Å²) in [6.45, 7) is 1.36. The molecule has 0 saturated heterocycles. The van der Waals surface area contributed by atoms with Crippen molar-refractivity contribution in [3.63, 3.8) is 0 Å². The summed E-state index contributed by atoms with van der Waals surface area (Å²) >= 11 is 0. The third kappa shape index (κ3) is 4.39. The predicted octanol–water partition coefficient (Wildman–Crippen LogP) is 1.26. The standard InChI is InChI=1S/C18H19N3O3/c22-14-6-7-15-16(10-14)24-18(21-15)8-9-20-17(23)12-19-11-13-4-2-1-3-5-13/h1-7,19H,8-12H2,(H,20,23). The summed E-state index contributed by atoms with van der Waals surface area (Å²) in [6.07, 6.45) is 3.93. The van der Waals surface area contributed by atoms with Gasteiger partial charge in [0.05, 0.1) is 13.0 Å². The number of oxazole rings is 1. The van der Waals surface area contributed by atoms with Gasteiger partial charge in [-0.05, 0) is 17.7 Å². The molecule has 2 aromatic rings. The fraction of sp³-hybridized carbons (Fsp3) is 0.278. The van der Waals surface area contributed by atoms with Gasteiger partial charge >= 0.3 is 0 Å². The number of nitrogens with one attached hydrogen (secondary N) is 2. The third-order valence-electron chi connectivity index (χ3n) is 3.65. The molecule has 0 atom stereocenters. The Hall–Kier alpha value is -2.73. The Bertz CT molecular complexity index is 750. The maximum atomic E-state index is 11.8. The minimum atomic E-state index is -0.0719. The van der Waals surface area contributed by atoms with Crippen LogP contribution in [0.25, 0.3) is 6.08 Å². The average Bonchev–Trinajstić information content (AvgIpc) is 2.97. The number of aromatic nitrogens is 1. The van der Waals surface area contributed by atoms with E-state index in [0.29, 0.717) is 36.9 Å². The minimum Gasteiger partial charge on any atom is -0.445 e. The van der Waals surface area contributed by atoms with E-state index in [1.807, 2.05) is 30.3 Å². The van der Waals surface area contributed by atoms with Crippen LogP contribution in [0.15, 0.2) is 40.8 Å². The summed E-state index contributed by atoms with van der Waals surface area (Å²) in [4.78, 5) is 27.4. The second-order valence-electron chi connectivity index (χ2n) is 5.58. The molecular formula is C18H19N3O3. The molecule has 1 aromatic heterocycles. The van der Waals surface area contributed by atoms with Gasteiger partial charge in [0.15, 0.2) is 11.7 Å². The molecule has 2 N–H and O–H groups in total. The van der Waals surface area contributed by atoms with Crippen LogP contribution < -0.4 is 10.6 Å². The molecule has 124 valence electrons. The van der Waals surface area contributed by atoms with Crippen molar-refractivity contribution in [2.75, 3.05) is 13.1 Å². The predicted molar refractivity (Wildman–Crippen MR) is 89.1 cm³/mol. The van der Waals surface area contributed by atoms with Crippen molar-refractivity contribution in [3.05, 3.63) is 59.3 Å². The molecule has 0 aliphatic heterocycles. The number of rotatable bonds is 7. The Labute approximate surface area is 140 Å². The fourth-order valence-electron chi connectivity index (χ4n) is 2.45. The van der Waals surface area contributed by atoms with E-state index in [1.54, 1.807) is 6.08 Å². The summed E-state index contributed by atoms with van der Waals surface area (Å²) in [7, 11) is 0. The van der Waals surface area contributed by atoms with Gasteiger partial charge in [-0.2, -0.15) is 0 Å². The minimum absolute atomic E-state index is 0.0167. The Morgan fingerprint density at radius 1 is 1.21 bits per heavy atom. The number of nitrogens with zero attached hydrogens (tertiary/aromatic N) is 1. The molecule has 0 saturated carbocycles. The van der Waals surface area contributed by atoms with Gasteiger partial charge in [0, 0.05) is 19.5 Å². The van der Waals surface area contributed by atoms with Crippen LogP contribution in [0.4, 0.5) is 0 Å². The number of carbonyl (C=O) groups is 2. The number of fused-ring (bicyclic) bond motifs is 1. The van der Waals surface area contributed by atoms with Gasteiger partial charge in [0.2, 0.25) is 5.91 Å². The smallest absolute Gasteiger partial charge is 0.233 e. The number of benzene rings is 1. The van der Waals surface area contributed by atoms with Gasteiger partial charge < -0.3 is 15.1 Å². The van der Waals surface area contributed by atoms with Crippen molar-refractivity contribution in [2.45, 2.75) is 19.4 Å². The van der Waals surface area contributed by atoms with Gasteiger partial charge in [-0.15, -0.1) is 0 Å². The molecular weight excluding hydrogens is 306 g/mol. The zero-order chi connectivity index (χ0) is 16.8. The topological polar surface area (TPSA) is 84.2 Å². The van der Waals surface area contributed by atoms with Crippen LogP contribution in [-0.2, 0) is 29.0 Å². The van der Waals surface area contributed by atoms with E-state index in [-0.39, 0.29) is 24.7 Å². The largest absolute Gasteiger partial charge is 0.445 e. The number of allylic oxidation sites excluding steroid dienone is 1. The van der Waals surface area contributed by atoms with Gasteiger partial charge in [-0.3, -0.25) is 9.59 Å². The lowest BCUT2D eigenvalue weighted by Crippen LogP contribution is -2.34. The van der Waals surface area contributed by atoms with Gasteiger partial charge in [0.1, 0.15) is 11.5 Å². The highest BCUT2D eigenvalue weighted by atomic mass is 16.4. The summed E-state index contributed by atoms with van der Waals surface area (Å²) < 4.78 is 5.55. The highest BCUT2D eigenvalue weighted by Crippen LogP contribution is 2.18. The van der Waals surface area contributed by atoms with Crippen LogP contribution in [-0.4, -0.2) is 29.8 Å². The lowest BCUT2D eigenvalue weighted by atomic mass is 10.1. The van der Waals surface area contributed by atoms with Crippen molar-refractivity contribution in [2.24, 2.45) is 0 Å². The fourth-order valence-corrected chi connectivity index (χ4v) is 2.45. The quantitative estimate of drug-likeness (QED) is 0.801. The van der Waals surface area contributed by atoms with E-state index >= 15 is 0 Å². The van der Waals surface area contributed by atoms with Crippen molar-refractivity contribution in [1.29, 1.82) is 0 Å². The van der Waals surface area contributed by atoms with Crippen molar-refractivity contribution in [1.82, 2.24) is 15.6 Å². The molecule has 1 aliphatic rings. The first-order chi connectivity index (χ1) is 11.7. The van der Waals surface area contributed by atoms with E-state index in [1.165, 1.54) is 6.08 Å². The van der Waals surface area contributed by atoms with Crippen LogP contribution in [0, 0.1) is 0 Å². The van der Waals surface area contributed by atoms with Crippen molar-refractivity contribution in [3.8, 4) is 0 Å². The first-order valence-corrected chi connectivity index (χ1v) is 7.91. The van der Waals surface area contributed by atoms with Crippen LogP contribution in [0.2, 0.25) is 0 Å².